The van der Waals surface area contributed by atoms with Crippen molar-refractivity contribution in [3.8, 4) is 0 Å². The van der Waals surface area contributed by atoms with Gasteiger partial charge in [-0.3, -0.25) is 9.48 Å². The molecule has 2 N–H and O–H groups in total. The number of carbonyl (C=O) groups is 1. The third-order valence-corrected chi connectivity index (χ3v) is 3.15. The second-order valence-electron chi connectivity index (χ2n) is 5.94. The molecule has 21 heavy (non-hydrogen) atoms. The van der Waals surface area contributed by atoms with Crippen LogP contribution in [0, 0.1) is 0 Å². The van der Waals surface area contributed by atoms with Crippen molar-refractivity contribution in [1.29, 1.82) is 0 Å². The Morgan fingerprint density at radius 2 is 2.05 bits per heavy atom. The molecule has 0 radical (unpaired) electrons. The molecule has 1 aromatic rings. The first-order chi connectivity index (χ1) is 9.91. The number of amides is 1. The molecule has 1 heterocycles. The van der Waals surface area contributed by atoms with Crippen LogP contribution in [0.15, 0.2) is 6.20 Å². The Balaban J connectivity index is 2.57. The first-order valence-corrected chi connectivity index (χ1v) is 7.47. The molecule has 1 amide bonds. The molecular weight excluding hydrogens is 268 g/mol. The summed E-state index contributed by atoms with van der Waals surface area (Å²) in [5.74, 6) is -0.0594. The van der Waals surface area contributed by atoms with E-state index < -0.39 is 0 Å². The highest BCUT2D eigenvalue weighted by molar-refractivity contribution is 5.95. The van der Waals surface area contributed by atoms with Gasteiger partial charge in [0.15, 0.2) is 0 Å². The number of rotatable bonds is 8. The van der Waals surface area contributed by atoms with E-state index >= 15 is 0 Å². The fourth-order valence-corrected chi connectivity index (χ4v) is 2.14. The number of ether oxygens (including phenoxy) is 1. The second-order valence-corrected chi connectivity index (χ2v) is 5.94. The standard InChI is InChI=1S/C15H28N4O2/c1-6-13-12(11-18-19(13)15(2,3)4)14(20)17-8-7-16-9-10-21-5/h11,16H,6-10H2,1-5H3,(H,17,20). The lowest BCUT2D eigenvalue weighted by Gasteiger charge is -2.22. The van der Waals surface area contributed by atoms with Gasteiger partial charge < -0.3 is 15.4 Å². The first-order valence-electron chi connectivity index (χ1n) is 7.47. The molecular formula is C15H28N4O2. The van der Waals surface area contributed by atoms with Crippen molar-refractivity contribution in [3.63, 3.8) is 0 Å². The maximum atomic E-state index is 12.2. The predicted molar refractivity (Wildman–Crippen MR) is 83.7 cm³/mol. The summed E-state index contributed by atoms with van der Waals surface area (Å²) in [7, 11) is 1.67. The molecule has 0 saturated heterocycles. The fourth-order valence-electron chi connectivity index (χ4n) is 2.14. The summed E-state index contributed by atoms with van der Waals surface area (Å²) in [5.41, 5.74) is 1.53. The normalized spacial score (nSPS) is 11.7. The lowest BCUT2D eigenvalue weighted by molar-refractivity contribution is 0.0952. The fraction of sp³-hybridized carbons (Fsp3) is 0.733. The molecule has 0 aliphatic carbocycles. The van der Waals surface area contributed by atoms with E-state index in [2.05, 4.69) is 36.5 Å². The van der Waals surface area contributed by atoms with Gasteiger partial charge in [0.1, 0.15) is 0 Å². The van der Waals surface area contributed by atoms with Crippen molar-refractivity contribution in [2.45, 2.75) is 39.7 Å². The van der Waals surface area contributed by atoms with Crippen LogP contribution >= 0.6 is 0 Å². The van der Waals surface area contributed by atoms with E-state index in [9.17, 15) is 4.79 Å². The summed E-state index contributed by atoms with van der Waals surface area (Å²) < 4.78 is 6.87. The van der Waals surface area contributed by atoms with Crippen molar-refractivity contribution < 1.29 is 9.53 Å². The molecule has 0 fully saturated rings. The van der Waals surface area contributed by atoms with Gasteiger partial charge in [-0.15, -0.1) is 0 Å². The number of methoxy groups -OCH3 is 1. The average molecular weight is 296 g/mol. The molecule has 1 rings (SSSR count). The molecule has 0 atom stereocenters. The Hall–Kier alpha value is -1.40. The Morgan fingerprint density at radius 3 is 2.62 bits per heavy atom. The van der Waals surface area contributed by atoms with Gasteiger partial charge in [0.25, 0.3) is 5.91 Å². The minimum atomic E-state index is -0.119. The molecule has 6 nitrogen and oxygen atoms in total. The molecule has 0 unspecified atom stereocenters. The van der Waals surface area contributed by atoms with Gasteiger partial charge in [-0.1, -0.05) is 6.92 Å². The molecule has 0 aromatic carbocycles. The van der Waals surface area contributed by atoms with Crippen LogP contribution in [0.4, 0.5) is 0 Å². The van der Waals surface area contributed by atoms with Crippen LogP contribution in [0.1, 0.15) is 43.7 Å². The lowest BCUT2D eigenvalue weighted by atomic mass is 10.1. The summed E-state index contributed by atoms with van der Waals surface area (Å²) in [6, 6.07) is 0. The van der Waals surface area contributed by atoms with E-state index in [-0.39, 0.29) is 11.4 Å². The predicted octanol–water partition coefficient (Wildman–Crippen LogP) is 1.17. The van der Waals surface area contributed by atoms with Crippen molar-refractivity contribution >= 4 is 5.91 Å². The van der Waals surface area contributed by atoms with Crippen LogP contribution in [-0.2, 0) is 16.7 Å². The van der Waals surface area contributed by atoms with E-state index in [1.54, 1.807) is 13.3 Å². The minimum absolute atomic E-state index is 0.0594. The Kier molecular flexibility index (Phi) is 6.84. The second kappa shape index (κ2) is 8.14. The Bertz CT molecular complexity index is 449. The number of hydrogen-bond donors (Lipinski definition) is 2. The topological polar surface area (TPSA) is 68.2 Å². The van der Waals surface area contributed by atoms with Gasteiger partial charge in [-0.25, -0.2) is 0 Å². The Morgan fingerprint density at radius 1 is 1.33 bits per heavy atom. The largest absolute Gasteiger partial charge is 0.383 e. The summed E-state index contributed by atoms with van der Waals surface area (Å²) >= 11 is 0. The summed E-state index contributed by atoms with van der Waals surface area (Å²) in [6.45, 7) is 11.1. The van der Waals surface area contributed by atoms with Crippen LogP contribution in [0.3, 0.4) is 0 Å². The van der Waals surface area contributed by atoms with Gasteiger partial charge in [0.05, 0.1) is 29.6 Å². The number of nitrogens with one attached hydrogen (secondary N) is 2. The Labute approximate surface area is 127 Å². The van der Waals surface area contributed by atoms with Crippen LogP contribution in [0.2, 0.25) is 0 Å². The van der Waals surface area contributed by atoms with E-state index in [0.29, 0.717) is 18.7 Å². The van der Waals surface area contributed by atoms with Gasteiger partial charge >= 0.3 is 0 Å². The maximum absolute atomic E-state index is 12.2. The third kappa shape index (κ3) is 5.13. The molecule has 0 aliphatic heterocycles. The van der Waals surface area contributed by atoms with E-state index in [0.717, 1.165) is 25.2 Å². The molecule has 1 aromatic heterocycles. The highest BCUT2D eigenvalue weighted by Gasteiger charge is 2.22. The van der Waals surface area contributed by atoms with Crippen molar-refractivity contribution in [2.75, 3.05) is 33.4 Å². The lowest BCUT2D eigenvalue weighted by Crippen LogP contribution is -2.33. The van der Waals surface area contributed by atoms with Gasteiger partial charge in [-0.05, 0) is 27.2 Å². The van der Waals surface area contributed by atoms with Crippen LogP contribution in [0.5, 0.6) is 0 Å². The average Bonchev–Trinajstić information content (AvgIpc) is 2.86. The summed E-state index contributed by atoms with van der Waals surface area (Å²) in [4.78, 5) is 12.2. The number of hydrogen-bond acceptors (Lipinski definition) is 4. The first kappa shape index (κ1) is 17.7. The molecule has 0 aliphatic rings. The number of carbonyl (C=O) groups excluding carboxylic acids is 1. The highest BCUT2D eigenvalue weighted by Crippen LogP contribution is 2.19. The zero-order chi connectivity index (χ0) is 15.9. The smallest absolute Gasteiger partial charge is 0.254 e. The summed E-state index contributed by atoms with van der Waals surface area (Å²) in [5, 5.41) is 10.5. The summed E-state index contributed by atoms with van der Waals surface area (Å²) in [6.07, 6.45) is 2.45. The van der Waals surface area contributed by atoms with Crippen LogP contribution in [-0.4, -0.2) is 49.0 Å². The molecule has 0 bridgehead atoms. The van der Waals surface area contributed by atoms with Gasteiger partial charge in [0.2, 0.25) is 0 Å². The zero-order valence-corrected chi connectivity index (χ0v) is 13.8. The number of aromatic nitrogens is 2. The quantitative estimate of drug-likeness (QED) is 0.707. The van der Waals surface area contributed by atoms with Crippen LogP contribution in [0.25, 0.3) is 0 Å². The SMILES string of the molecule is CCc1c(C(=O)NCCNCCOC)cnn1C(C)(C)C. The molecule has 0 saturated carbocycles. The van der Waals surface area contributed by atoms with Crippen molar-refractivity contribution in [3.05, 3.63) is 17.5 Å². The van der Waals surface area contributed by atoms with E-state index in [1.807, 2.05) is 11.6 Å². The maximum Gasteiger partial charge on any atom is 0.254 e. The van der Waals surface area contributed by atoms with Crippen molar-refractivity contribution in [1.82, 2.24) is 20.4 Å². The molecule has 6 heteroatoms. The monoisotopic (exact) mass is 296 g/mol. The zero-order valence-electron chi connectivity index (χ0n) is 13.8. The van der Waals surface area contributed by atoms with E-state index in [4.69, 9.17) is 4.74 Å². The molecule has 0 spiro atoms. The van der Waals surface area contributed by atoms with Crippen LogP contribution < -0.4 is 10.6 Å². The number of nitrogens with zero attached hydrogens (tertiary/aromatic N) is 2. The third-order valence-electron chi connectivity index (χ3n) is 3.15. The molecule has 120 valence electrons. The van der Waals surface area contributed by atoms with Gasteiger partial charge in [-0.2, -0.15) is 5.10 Å². The van der Waals surface area contributed by atoms with Gasteiger partial charge in [0, 0.05) is 26.7 Å². The van der Waals surface area contributed by atoms with E-state index in [1.165, 1.54) is 0 Å². The van der Waals surface area contributed by atoms with Crippen molar-refractivity contribution in [2.24, 2.45) is 0 Å². The highest BCUT2D eigenvalue weighted by atomic mass is 16.5. The minimum Gasteiger partial charge on any atom is -0.383 e.